The monoisotopic (exact) mass is 562 g/mol. The zero-order chi connectivity index (χ0) is 28.8. The van der Waals surface area contributed by atoms with Crippen LogP contribution in [-0.2, 0) is 20.9 Å². The first kappa shape index (κ1) is 33.7. The van der Waals surface area contributed by atoms with E-state index in [1.165, 1.54) is 51.4 Å². The minimum absolute atomic E-state index is 0.237. The molecule has 2 rings (SSSR count). The predicted octanol–water partition coefficient (Wildman–Crippen LogP) is 3.18. The van der Waals surface area contributed by atoms with Gasteiger partial charge >= 0.3 is 0 Å². The van der Waals surface area contributed by atoms with Crippen LogP contribution < -0.4 is 21.7 Å². The summed E-state index contributed by atoms with van der Waals surface area (Å²) in [6.07, 6.45) is 22.9. The van der Waals surface area contributed by atoms with E-state index in [-0.39, 0.29) is 11.8 Å². The molecule has 0 bridgehead atoms. The minimum atomic E-state index is -1.08. The van der Waals surface area contributed by atoms with Gasteiger partial charge in [0.2, 0.25) is 17.7 Å². The Bertz CT molecular complexity index is 813. The zero-order valence-electron chi connectivity index (χ0n) is 24.5. The van der Waals surface area contributed by atoms with Crippen molar-refractivity contribution in [3.8, 4) is 0 Å². The SMILES string of the molecule is NCCC[C@H](NC(=O)[C@H](CO)NC(=O)CCCCCCCCCCn1ccnc1)C(=O)NCCC1CCCCC1. The number of imidazole rings is 1. The highest BCUT2D eigenvalue weighted by atomic mass is 16.3. The van der Waals surface area contributed by atoms with Crippen molar-refractivity contribution >= 4 is 17.7 Å². The van der Waals surface area contributed by atoms with Crippen LogP contribution in [0.4, 0.5) is 0 Å². The van der Waals surface area contributed by atoms with E-state index < -0.39 is 24.6 Å². The zero-order valence-corrected chi connectivity index (χ0v) is 24.5. The number of aliphatic hydroxyl groups is 1. The van der Waals surface area contributed by atoms with Crippen LogP contribution in [0.3, 0.4) is 0 Å². The van der Waals surface area contributed by atoms with Crippen LogP contribution in [0.5, 0.6) is 0 Å². The van der Waals surface area contributed by atoms with E-state index in [1.807, 2.05) is 12.5 Å². The van der Waals surface area contributed by atoms with E-state index in [9.17, 15) is 19.5 Å². The number of nitrogens with one attached hydrogen (secondary N) is 3. The predicted molar refractivity (Wildman–Crippen MR) is 157 cm³/mol. The highest BCUT2D eigenvalue weighted by Gasteiger charge is 2.26. The molecule has 40 heavy (non-hydrogen) atoms. The summed E-state index contributed by atoms with van der Waals surface area (Å²) < 4.78 is 2.10. The summed E-state index contributed by atoms with van der Waals surface area (Å²) in [7, 11) is 0. The maximum absolute atomic E-state index is 12.8. The lowest BCUT2D eigenvalue weighted by Gasteiger charge is -2.24. The Balaban J connectivity index is 1.59. The van der Waals surface area contributed by atoms with Gasteiger partial charge in [0.25, 0.3) is 0 Å². The van der Waals surface area contributed by atoms with Gasteiger partial charge in [-0.25, -0.2) is 4.98 Å². The van der Waals surface area contributed by atoms with Crippen LogP contribution in [-0.4, -0.2) is 64.2 Å². The molecular weight excluding hydrogens is 508 g/mol. The Hall–Kier alpha value is -2.46. The van der Waals surface area contributed by atoms with Crippen LogP contribution in [0.15, 0.2) is 18.7 Å². The van der Waals surface area contributed by atoms with Gasteiger partial charge in [-0.3, -0.25) is 14.4 Å². The van der Waals surface area contributed by atoms with E-state index in [2.05, 4.69) is 25.5 Å². The molecule has 1 aliphatic rings. The molecule has 1 fully saturated rings. The van der Waals surface area contributed by atoms with Gasteiger partial charge in [-0.15, -0.1) is 0 Å². The molecule has 1 aliphatic carbocycles. The lowest BCUT2D eigenvalue weighted by atomic mass is 9.87. The number of aliphatic hydroxyl groups excluding tert-OH is 1. The lowest BCUT2D eigenvalue weighted by Crippen LogP contribution is -2.55. The highest BCUT2D eigenvalue weighted by Crippen LogP contribution is 2.25. The number of aromatic nitrogens is 2. The Kier molecular flexibility index (Phi) is 18.0. The molecule has 0 aliphatic heterocycles. The molecule has 1 aromatic rings. The molecule has 0 radical (unpaired) electrons. The first-order chi connectivity index (χ1) is 19.5. The Morgan fingerprint density at radius 3 is 2.25 bits per heavy atom. The molecule has 10 nitrogen and oxygen atoms in total. The smallest absolute Gasteiger partial charge is 0.245 e. The molecule has 0 saturated heterocycles. The van der Waals surface area contributed by atoms with Gasteiger partial charge in [0.1, 0.15) is 12.1 Å². The number of unbranched alkanes of at least 4 members (excludes halogenated alkanes) is 7. The van der Waals surface area contributed by atoms with Crippen molar-refractivity contribution in [2.75, 3.05) is 19.7 Å². The van der Waals surface area contributed by atoms with Gasteiger partial charge < -0.3 is 31.4 Å². The van der Waals surface area contributed by atoms with Crippen molar-refractivity contribution < 1.29 is 19.5 Å². The first-order valence-corrected chi connectivity index (χ1v) is 15.7. The number of aryl methyl sites for hydroxylation is 1. The maximum atomic E-state index is 12.8. The third-order valence-corrected chi connectivity index (χ3v) is 7.87. The molecule has 1 heterocycles. The number of nitrogens with zero attached hydrogens (tertiary/aromatic N) is 2. The molecule has 0 unspecified atom stereocenters. The van der Waals surface area contributed by atoms with E-state index in [4.69, 9.17) is 5.73 Å². The topological polar surface area (TPSA) is 151 Å². The number of rotatable bonds is 22. The van der Waals surface area contributed by atoms with Crippen molar-refractivity contribution in [2.24, 2.45) is 11.7 Å². The molecule has 0 spiro atoms. The number of amides is 3. The number of carbonyl (C=O) groups excluding carboxylic acids is 3. The summed E-state index contributed by atoms with van der Waals surface area (Å²) in [6, 6.07) is -1.82. The number of nitrogens with two attached hydrogens (primary N) is 1. The largest absolute Gasteiger partial charge is 0.394 e. The maximum Gasteiger partial charge on any atom is 0.245 e. The molecule has 10 heteroatoms. The summed E-state index contributed by atoms with van der Waals surface area (Å²) in [6.45, 7) is 1.49. The van der Waals surface area contributed by atoms with Crippen LogP contribution in [0.2, 0.25) is 0 Å². The van der Waals surface area contributed by atoms with Crippen LogP contribution in [0.1, 0.15) is 109 Å². The molecular formula is C30H54N6O4. The summed E-state index contributed by atoms with van der Waals surface area (Å²) in [5.74, 6) is -0.389. The second kappa shape index (κ2) is 21.3. The van der Waals surface area contributed by atoms with Crippen molar-refractivity contribution in [3.05, 3.63) is 18.7 Å². The van der Waals surface area contributed by atoms with Gasteiger partial charge in [0.05, 0.1) is 12.9 Å². The van der Waals surface area contributed by atoms with Crippen molar-refractivity contribution in [3.63, 3.8) is 0 Å². The van der Waals surface area contributed by atoms with Gasteiger partial charge in [-0.2, -0.15) is 0 Å². The Morgan fingerprint density at radius 2 is 1.60 bits per heavy atom. The fourth-order valence-electron chi connectivity index (χ4n) is 5.38. The molecule has 0 aromatic carbocycles. The van der Waals surface area contributed by atoms with E-state index in [1.54, 1.807) is 6.20 Å². The van der Waals surface area contributed by atoms with E-state index >= 15 is 0 Å². The summed E-state index contributed by atoms with van der Waals surface area (Å²) in [5.41, 5.74) is 5.63. The van der Waals surface area contributed by atoms with E-state index in [0.717, 1.165) is 45.1 Å². The van der Waals surface area contributed by atoms with E-state index in [0.29, 0.717) is 38.3 Å². The summed E-state index contributed by atoms with van der Waals surface area (Å²) >= 11 is 0. The number of hydrogen-bond donors (Lipinski definition) is 5. The van der Waals surface area contributed by atoms with Crippen molar-refractivity contribution in [1.29, 1.82) is 0 Å². The molecule has 6 N–H and O–H groups in total. The third kappa shape index (κ3) is 14.8. The molecule has 2 atom stereocenters. The van der Waals surface area contributed by atoms with Crippen LogP contribution in [0.25, 0.3) is 0 Å². The molecule has 1 aromatic heterocycles. The van der Waals surface area contributed by atoms with Crippen LogP contribution in [0, 0.1) is 5.92 Å². The quantitative estimate of drug-likeness (QED) is 0.137. The van der Waals surface area contributed by atoms with Gasteiger partial charge in [-0.1, -0.05) is 70.6 Å². The fourth-order valence-corrected chi connectivity index (χ4v) is 5.38. The average molecular weight is 563 g/mol. The van der Waals surface area contributed by atoms with Crippen molar-refractivity contribution in [1.82, 2.24) is 25.5 Å². The Morgan fingerprint density at radius 1 is 0.900 bits per heavy atom. The third-order valence-electron chi connectivity index (χ3n) is 7.87. The first-order valence-electron chi connectivity index (χ1n) is 15.7. The number of carbonyl (C=O) groups is 3. The van der Waals surface area contributed by atoms with Gasteiger partial charge in [-0.05, 0) is 44.6 Å². The second-order valence-corrected chi connectivity index (χ2v) is 11.3. The standard InChI is InChI=1S/C30H54N6O4/c31-18-12-15-26(29(39)33-19-17-25-13-8-7-9-14-25)35-30(40)27(23-37)34-28(38)16-10-5-3-1-2-4-6-11-21-36-22-20-32-24-36/h20,22,24-27,37H,1-19,21,23,31H2,(H,33,39)(H,34,38)(H,35,40)/t26-,27-/m0/s1. The van der Waals surface area contributed by atoms with Gasteiger partial charge in [0.15, 0.2) is 0 Å². The average Bonchev–Trinajstić information content (AvgIpc) is 3.49. The summed E-state index contributed by atoms with van der Waals surface area (Å²) in [4.78, 5) is 42.0. The second-order valence-electron chi connectivity index (χ2n) is 11.3. The highest BCUT2D eigenvalue weighted by molar-refractivity contribution is 5.92. The van der Waals surface area contributed by atoms with Crippen molar-refractivity contribution in [2.45, 2.75) is 128 Å². The minimum Gasteiger partial charge on any atom is -0.394 e. The molecule has 1 saturated carbocycles. The molecule has 228 valence electrons. The summed E-state index contributed by atoms with van der Waals surface area (Å²) in [5, 5.41) is 18.1. The number of hydrogen-bond acceptors (Lipinski definition) is 6. The van der Waals surface area contributed by atoms with Crippen LogP contribution >= 0.6 is 0 Å². The van der Waals surface area contributed by atoms with Gasteiger partial charge in [0, 0.05) is 31.9 Å². The molecule has 3 amide bonds. The Labute approximate surface area is 240 Å². The normalized spacial score (nSPS) is 15.3. The fraction of sp³-hybridized carbons (Fsp3) is 0.800. The lowest BCUT2D eigenvalue weighted by molar-refractivity contribution is -0.133.